The van der Waals surface area contributed by atoms with Gasteiger partial charge in [-0.15, -0.1) is 11.3 Å². The van der Waals surface area contributed by atoms with Gasteiger partial charge in [-0.3, -0.25) is 4.98 Å². The Hall–Kier alpha value is -1.92. The van der Waals surface area contributed by atoms with Crippen LogP contribution in [0, 0.1) is 0 Å². The van der Waals surface area contributed by atoms with Crippen LogP contribution in [0.1, 0.15) is 6.42 Å². The number of pyridine rings is 1. The Morgan fingerprint density at radius 3 is 2.74 bits per heavy atom. The van der Waals surface area contributed by atoms with E-state index in [0.717, 1.165) is 44.2 Å². The summed E-state index contributed by atoms with van der Waals surface area (Å²) in [6.45, 7) is 1.38. The smallest absolute Gasteiger partial charge is 0.161 e. The van der Waals surface area contributed by atoms with Crippen molar-refractivity contribution >= 4 is 27.3 Å². The Kier molecular flexibility index (Phi) is 4.01. The Balaban J connectivity index is 1.68. The summed E-state index contributed by atoms with van der Waals surface area (Å²) in [6, 6.07) is 7.99. The van der Waals surface area contributed by atoms with Gasteiger partial charge < -0.3 is 9.47 Å². The number of aromatic nitrogens is 2. The lowest BCUT2D eigenvalue weighted by Gasteiger charge is -2.08. The van der Waals surface area contributed by atoms with Crippen molar-refractivity contribution in [3.8, 4) is 33.3 Å². The van der Waals surface area contributed by atoms with Crippen molar-refractivity contribution in [2.24, 2.45) is 0 Å². The molecule has 0 radical (unpaired) electrons. The number of fused-ring (bicyclic) bond motifs is 1. The van der Waals surface area contributed by atoms with Crippen LogP contribution in [0.2, 0.25) is 0 Å². The number of thiazole rings is 1. The molecule has 0 fully saturated rings. The fourth-order valence-electron chi connectivity index (χ4n) is 2.39. The number of ether oxygens (including phenoxy) is 2. The highest BCUT2D eigenvalue weighted by molar-refractivity contribution is 9.10. The summed E-state index contributed by atoms with van der Waals surface area (Å²) in [4.78, 5) is 8.92. The van der Waals surface area contributed by atoms with Gasteiger partial charge in [0.1, 0.15) is 5.01 Å². The van der Waals surface area contributed by atoms with Crippen LogP contribution in [0.5, 0.6) is 11.5 Å². The van der Waals surface area contributed by atoms with Crippen LogP contribution in [0.15, 0.2) is 46.5 Å². The lowest BCUT2D eigenvalue weighted by Crippen LogP contribution is -1.97. The SMILES string of the molecule is Brc1cncc(-c2nc(-c3ccc4c(c3)OCCCO4)cs2)c1. The highest BCUT2D eigenvalue weighted by atomic mass is 79.9. The minimum atomic E-state index is 0.683. The maximum Gasteiger partial charge on any atom is 0.161 e. The third-order valence-electron chi connectivity index (χ3n) is 3.50. The Bertz CT molecular complexity index is 850. The van der Waals surface area contributed by atoms with Gasteiger partial charge in [-0.1, -0.05) is 0 Å². The molecule has 4 nitrogen and oxygen atoms in total. The van der Waals surface area contributed by atoms with Crippen molar-refractivity contribution in [1.82, 2.24) is 9.97 Å². The van der Waals surface area contributed by atoms with Crippen LogP contribution in [0.25, 0.3) is 21.8 Å². The molecule has 4 rings (SSSR count). The van der Waals surface area contributed by atoms with Gasteiger partial charge in [-0.25, -0.2) is 4.98 Å². The molecule has 0 saturated heterocycles. The van der Waals surface area contributed by atoms with Crippen LogP contribution >= 0.6 is 27.3 Å². The summed E-state index contributed by atoms with van der Waals surface area (Å²) in [6.07, 6.45) is 4.49. The van der Waals surface area contributed by atoms with Gasteiger partial charge in [0, 0.05) is 39.8 Å². The number of hydrogen-bond donors (Lipinski definition) is 0. The molecule has 0 spiro atoms. The van der Waals surface area contributed by atoms with Crippen molar-refractivity contribution in [3.05, 3.63) is 46.5 Å². The molecule has 0 N–H and O–H groups in total. The zero-order valence-electron chi connectivity index (χ0n) is 12.2. The molecule has 3 aromatic rings. The van der Waals surface area contributed by atoms with Gasteiger partial charge >= 0.3 is 0 Å². The van der Waals surface area contributed by atoms with Crippen LogP contribution in [-0.2, 0) is 0 Å². The molecular weight excluding hydrogens is 376 g/mol. The van der Waals surface area contributed by atoms with Crippen molar-refractivity contribution in [3.63, 3.8) is 0 Å². The monoisotopic (exact) mass is 388 g/mol. The predicted octanol–water partition coefficient (Wildman–Crippen LogP) is 4.80. The maximum atomic E-state index is 5.75. The highest BCUT2D eigenvalue weighted by Gasteiger charge is 2.13. The van der Waals surface area contributed by atoms with Gasteiger partial charge in [0.25, 0.3) is 0 Å². The molecule has 0 saturated carbocycles. The number of benzene rings is 1. The number of halogens is 1. The van der Waals surface area contributed by atoms with Crippen LogP contribution in [0.4, 0.5) is 0 Å². The van der Waals surface area contributed by atoms with E-state index < -0.39 is 0 Å². The number of hydrogen-bond acceptors (Lipinski definition) is 5. The standard InChI is InChI=1S/C17H13BrN2O2S/c18-13-6-12(8-19-9-13)17-20-14(10-23-17)11-2-3-15-16(7-11)22-5-1-4-21-15/h2-3,6-10H,1,4-5H2. The topological polar surface area (TPSA) is 44.2 Å². The zero-order chi connectivity index (χ0) is 15.6. The van der Waals surface area contributed by atoms with E-state index in [4.69, 9.17) is 14.5 Å². The van der Waals surface area contributed by atoms with Crippen LogP contribution in [-0.4, -0.2) is 23.2 Å². The summed E-state index contributed by atoms with van der Waals surface area (Å²) >= 11 is 5.05. The highest BCUT2D eigenvalue weighted by Crippen LogP contribution is 2.36. The number of nitrogens with zero attached hydrogens (tertiary/aromatic N) is 2. The molecule has 1 aliphatic rings. The molecule has 0 amide bonds. The van der Waals surface area contributed by atoms with E-state index in [9.17, 15) is 0 Å². The van der Waals surface area contributed by atoms with E-state index in [1.807, 2.05) is 30.5 Å². The lowest BCUT2D eigenvalue weighted by atomic mass is 10.1. The first-order chi connectivity index (χ1) is 11.3. The van der Waals surface area contributed by atoms with Gasteiger partial charge in [-0.05, 0) is 40.2 Å². The predicted molar refractivity (Wildman–Crippen MR) is 94.1 cm³/mol. The maximum absolute atomic E-state index is 5.75. The molecule has 3 heterocycles. The van der Waals surface area contributed by atoms with E-state index in [1.165, 1.54) is 0 Å². The molecule has 1 aromatic carbocycles. The Morgan fingerprint density at radius 2 is 1.87 bits per heavy atom. The fraction of sp³-hybridized carbons (Fsp3) is 0.176. The third-order valence-corrected chi connectivity index (χ3v) is 4.82. The minimum absolute atomic E-state index is 0.683. The second-order valence-electron chi connectivity index (χ2n) is 5.14. The van der Waals surface area contributed by atoms with Crippen LogP contribution < -0.4 is 9.47 Å². The average molecular weight is 389 g/mol. The fourth-order valence-corrected chi connectivity index (χ4v) is 3.57. The molecule has 116 valence electrons. The molecule has 0 bridgehead atoms. The molecule has 1 aliphatic heterocycles. The first-order valence-corrected chi connectivity index (χ1v) is 8.93. The van der Waals surface area contributed by atoms with Gasteiger partial charge in [-0.2, -0.15) is 0 Å². The minimum Gasteiger partial charge on any atom is -0.490 e. The Labute approximate surface area is 146 Å². The van der Waals surface area contributed by atoms with Crippen molar-refractivity contribution < 1.29 is 9.47 Å². The summed E-state index contributed by atoms with van der Waals surface area (Å²) in [5, 5.41) is 3.00. The summed E-state index contributed by atoms with van der Waals surface area (Å²) < 4.78 is 12.4. The molecule has 2 aromatic heterocycles. The second-order valence-corrected chi connectivity index (χ2v) is 6.92. The van der Waals surface area contributed by atoms with Gasteiger partial charge in [0.05, 0.1) is 18.9 Å². The van der Waals surface area contributed by atoms with Crippen molar-refractivity contribution in [1.29, 1.82) is 0 Å². The molecule has 0 atom stereocenters. The molecule has 0 aliphatic carbocycles. The lowest BCUT2D eigenvalue weighted by molar-refractivity contribution is 0.297. The average Bonchev–Trinajstić information content (AvgIpc) is 2.94. The summed E-state index contributed by atoms with van der Waals surface area (Å²) in [5.41, 5.74) is 2.96. The first kappa shape index (κ1) is 14.7. The molecular formula is C17H13BrN2O2S. The Morgan fingerprint density at radius 1 is 1.00 bits per heavy atom. The van der Waals surface area contributed by atoms with Crippen molar-refractivity contribution in [2.45, 2.75) is 6.42 Å². The van der Waals surface area contributed by atoms with E-state index in [2.05, 4.69) is 26.3 Å². The van der Waals surface area contributed by atoms with E-state index in [-0.39, 0.29) is 0 Å². The van der Waals surface area contributed by atoms with Gasteiger partial charge in [0.15, 0.2) is 11.5 Å². The summed E-state index contributed by atoms with van der Waals surface area (Å²) in [7, 11) is 0. The normalized spacial score (nSPS) is 13.6. The van der Waals surface area contributed by atoms with E-state index in [1.54, 1.807) is 17.5 Å². The quantitative estimate of drug-likeness (QED) is 0.632. The largest absolute Gasteiger partial charge is 0.490 e. The third kappa shape index (κ3) is 3.09. The molecule has 23 heavy (non-hydrogen) atoms. The zero-order valence-corrected chi connectivity index (χ0v) is 14.6. The van der Waals surface area contributed by atoms with E-state index in [0.29, 0.717) is 13.2 Å². The second kappa shape index (κ2) is 6.29. The summed E-state index contributed by atoms with van der Waals surface area (Å²) in [5.74, 6) is 1.59. The molecule has 0 unspecified atom stereocenters. The number of rotatable bonds is 2. The molecule has 6 heteroatoms. The van der Waals surface area contributed by atoms with Crippen molar-refractivity contribution in [2.75, 3.05) is 13.2 Å². The van der Waals surface area contributed by atoms with Crippen LogP contribution in [0.3, 0.4) is 0 Å². The van der Waals surface area contributed by atoms with Gasteiger partial charge in [0.2, 0.25) is 0 Å². The first-order valence-electron chi connectivity index (χ1n) is 7.26. The van der Waals surface area contributed by atoms with E-state index >= 15 is 0 Å².